The molecule has 0 aliphatic carbocycles. The highest BCUT2D eigenvalue weighted by atomic mass is 79.9. The zero-order valence-electron chi connectivity index (χ0n) is 9.22. The van der Waals surface area contributed by atoms with Crippen LogP contribution in [-0.4, -0.2) is 0 Å². The van der Waals surface area contributed by atoms with Gasteiger partial charge < -0.3 is 0 Å². The Balaban J connectivity index is 2.56. The Kier molecular flexibility index (Phi) is 3.10. The molecular weight excluding hydrogens is 267 g/mol. The van der Waals surface area contributed by atoms with E-state index in [0.29, 0.717) is 4.47 Å². The van der Waals surface area contributed by atoms with Crippen molar-refractivity contribution in [2.75, 3.05) is 0 Å². The highest BCUT2D eigenvalue weighted by molar-refractivity contribution is 9.10. The van der Waals surface area contributed by atoms with Crippen LogP contribution in [0.5, 0.6) is 0 Å². The van der Waals surface area contributed by atoms with Gasteiger partial charge in [0, 0.05) is 0 Å². The number of hydrogen-bond donors (Lipinski definition) is 0. The molecule has 0 heterocycles. The molecule has 0 unspecified atom stereocenters. The summed E-state index contributed by atoms with van der Waals surface area (Å²) in [4.78, 5) is 0. The van der Waals surface area contributed by atoms with Crippen LogP contribution in [0.2, 0.25) is 0 Å². The first-order valence-corrected chi connectivity index (χ1v) is 5.90. The third kappa shape index (κ3) is 2.17. The topological polar surface area (TPSA) is 0 Å². The molecule has 2 aromatic carbocycles. The molecule has 0 amide bonds. The van der Waals surface area contributed by atoms with Gasteiger partial charge in [0.2, 0.25) is 0 Å². The first-order valence-electron chi connectivity index (χ1n) is 5.10. The van der Waals surface area contributed by atoms with Crippen molar-refractivity contribution in [2.45, 2.75) is 13.8 Å². The summed E-state index contributed by atoms with van der Waals surface area (Å²) in [6.07, 6.45) is 0. The predicted octanol–water partition coefficient (Wildman–Crippen LogP) is 4.87. The zero-order valence-corrected chi connectivity index (χ0v) is 10.8. The molecule has 2 rings (SSSR count). The normalized spacial score (nSPS) is 10.5. The van der Waals surface area contributed by atoms with Gasteiger partial charge in [0.05, 0.1) is 4.47 Å². The lowest BCUT2D eigenvalue weighted by atomic mass is 10.00. The van der Waals surface area contributed by atoms with E-state index in [9.17, 15) is 4.39 Å². The van der Waals surface area contributed by atoms with E-state index in [1.165, 1.54) is 5.56 Å². The second-order valence-corrected chi connectivity index (χ2v) is 4.80. The van der Waals surface area contributed by atoms with Crippen LogP contribution in [0.4, 0.5) is 4.39 Å². The van der Waals surface area contributed by atoms with Crippen LogP contribution in [0, 0.1) is 19.7 Å². The summed E-state index contributed by atoms with van der Waals surface area (Å²) in [7, 11) is 0. The molecule has 0 bridgehead atoms. The van der Waals surface area contributed by atoms with Crippen LogP contribution in [0.15, 0.2) is 40.9 Å². The number of halogens is 2. The van der Waals surface area contributed by atoms with Gasteiger partial charge in [-0.2, -0.15) is 0 Å². The number of aryl methyl sites for hydroxylation is 2. The fraction of sp³-hybridized carbons (Fsp3) is 0.143. The van der Waals surface area contributed by atoms with E-state index in [-0.39, 0.29) is 5.82 Å². The molecule has 0 aromatic heterocycles. The summed E-state index contributed by atoms with van der Waals surface area (Å²) in [6.45, 7) is 4.03. The Hall–Kier alpha value is -1.15. The maximum Gasteiger partial charge on any atom is 0.138 e. The van der Waals surface area contributed by atoms with Gasteiger partial charge in [-0.25, -0.2) is 4.39 Å². The van der Waals surface area contributed by atoms with Crippen molar-refractivity contribution in [1.82, 2.24) is 0 Å². The maximum absolute atomic E-state index is 13.5. The highest BCUT2D eigenvalue weighted by Gasteiger charge is 2.06. The van der Waals surface area contributed by atoms with Crippen molar-refractivity contribution >= 4 is 15.9 Å². The van der Waals surface area contributed by atoms with Gasteiger partial charge in [-0.15, -0.1) is 0 Å². The second kappa shape index (κ2) is 4.38. The second-order valence-electron chi connectivity index (χ2n) is 3.95. The Morgan fingerprint density at radius 3 is 2.25 bits per heavy atom. The van der Waals surface area contributed by atoms with E-state index in [2.05, 4.69) is 15.9 Å². The van der Waals surface area contributed by atoms with Crippen LogP contribution in [0.25, 0.3) is 11.1 Å². The standard InChI is InChI=1S/C14H12BrF/c1-9-3-5-11(6-4-9)12-8-14(16)13(15)7-10(12)2/h3-8H,1-2H3. The average Bonchev–Trinajstić information content (AvgIpc) is 2.25. The number of benzene rings is 2. The zero-order chi connectivity index (χ0) is 11.7. The van der Waals surface area contributed by atoms with Crippen molar-refractivity contribution < 1.29 is 4.39 Å². The first-order chi connectivity index (χ1) is 7.58. The molecule has 0 saturated carbocycles. The van der Waals surface area contributed by atoms with Crippen molar-refractivity contribution in [2.24, 2.45) is 0 Å². The lowest BCUT2D eigenvalue weighted by molar-refractivity contribution is 0.621. The minimum Gasteiger partial charge on any atom is -0.206 e. The SMILES string of the molecule is Cc1ccc(-c2cc(F)c(Br)cc2C)cc1. The Morgan fingerprint density at radius 2 is 1.62 bits per heavy atom. The maximum atomic E-state index is 13.5. The minimum atomic E-state index is -0.221. The fourth-order valence-corrected chi connectivity index (χ4v) is 2.15. The van der Waals surface area contributed by atoms with Crippen molar-refractivity contribution in [3.63, 3.8) is 0 Å². The number of rotatable bonds is 1. The van der Waals surface area contributed by atoms with Crippen molar-refractivity contribution in [3.05, 3.63) is 57.8 Å². The monoisotopic (exact) mass is 278 g/mol. The van der Waals surface area contributed by atoms with E-state index in [1.54, 1.807) is 6.07 Å². The van der Waals surface area contributed by atoms with Crippen LogP contribution in [0.1, 0.15) is 11.1 Å². The van der Waals surface area contributed by atoms with E-state index in [1.807, 2.05) is 44.2 Å². The molecule has 0 aliphatic heterocycles. The molecule has 2 heteroatoms. The van der Waals surface area contributed by atoms with Crippen LogP contribution in [-0.2, 0) is 0 Å². The Labute approximate surface area is 103 Å². The molecule has 16 heavy (non-hydrogen) atoms. The summed E-state index contributed by atoms with van der Waals surface area (Å²) in [5.74, 6) is -0.221. The van der Waals surface area contributed by atoms with Crippen molar-refractivity contribution in [3.8, 4) is 11.1 Å². The van der Waals surface area contributed by atoms with Crippen LogP contribution >= 0.6 is 15.9 Å². The Morgan fingerprint density at radius 1 is 1.00 bits per heavy atom. The van der Waals surface area contributed by atoms with E-state index in [0.717, 1.165) is 16.7 Å². The Bertz CT molecular complexity index is 515. The van der Waals surface area contributed by atoms with E-state index >= 15 is 0 Å². The predicted molar refractivity (Wildman–Crippen MR) is 69.0 cm³/mol. The van der Waals surface area contributed by atoms with Gasteiger partial charge in [-0.1, -0.05) is 29.8 Å². The average molecular weight is 279 g/mol. The van der Waals surface area contributed by atoms with E-state index in [4.69, 9.17) is 0 Å². The minimum absolute atomic E-state index is 0.221. The summed E-state index contributed by atoms with van der Waals surface area (Å²) < 4.78 is 14.0. The lowest BCUT2D eigenvalue weighted by Gasteiger charge is -2.08. The molecule has 0 spiro atoms. The van der Waals surface area contributed by atoms with Gasteiger partial charge in [0.1, 0.15) is 5.82 Å². The third-order valence-corrected chi connectivity index (χ3v) is 3.24. The molecule has 0 nitrogen and oxygen atoms in total. The van der Waals surface area contributed by atoms with Gasteiger partial charge >= 0.3 is 0 Å². The summed E-state index contributed by atoms with van der Waals surface area (Å²) in [5.41, 5.74) is 4.27. The molecule has 2 aromatic rings. The van der Waals surface area contributed by atoms with E-state index < -0.39 is 0 Å². The largest absolute Gasteiger partial charge is 0.206 e. The third-order valence-electron chi connectivity index (χ3n) is 2.63. The molecule has 0 aliphatic rings. The first kappa shape index (κ1) is 11.3. The molecule has 82 valence electrons. The fourth-order valence-electron chi connectivity index (χ4n) is 1.69. The smallest absolute Gasteiger partial charge is 0.138 e. The summed E-state index contributed by atoms with van der Waals surface area (Å²) in [6, 6.07) is 11.5. The van der Waals surface area contributed by atoms with Gasteiger partial charge in [-0.05, 0) is 58.6 Å². The summed E-state index contributed by atoms with van der Waals surface area (Å²) >= 11 is 3.19. The van der Waals surface area contributed by atoms with Gasteiger partial charge in [0.15, 0.2) is 0 Å². The molecule has 0 radical (unpaired) electrons. The molecular formula is C14H12BrF. The van der Waals surface area contributed by atoms with Gasteiger partial charge in [-0.3, -0.25) is 0 Å². The quantitative estimate of drug-likeness (QED) is 0.698. The molecule has 0 atom stereocenters. The van der Waals surface area contributed by atoms with Gasteiger partial charge in [0.25, 0.3) is 0 Å². The number of hydrogen-bond acceptors (Lipinski definition) is 0. The summed E-state index contributed by atoms with van der Waals surface area (Å²) in [5, 5.41) is 0. The molecule has 0 saturated heterocycles. The van der Waals surface area contributed by atoms with Crippen LogP contribution in [0.3, 0.4) is 0 Å². The molecule has 0 N–H and O–H groups in total. The highest BCUT2D eigenvalue weighted by Crippen LogP contribution is 2.28. The van der Waals surface area contributed by atoms with Crippen molar-refractivity contribution in [1.29, 1.82) is 0 Å². The molecule has 0 fully saturated rings. The van der Waals surface area contributed by atoms with Crippen LogP contribution < -0.4 is 0 Å². The lowest BCUT2D eigenvalue weighted by Crippen LogP contribution is -1.87.